The lowest BCUT2D eigenvalue weighted by atomic mass is 10.1. The Morgan fingerprint density at radius 2 is 2.18 bits per heavy atom. The Bertz CT molecular complexity index is 729. The SMILES string of the molecule is Cc1ccc2c(-c3nccs3)cc(=O)oc2c1. The second kappa shape index (κ2) is 3.82. The molecule has 4 heteroatoms. The Hall–Kier alpha value is -1.94. The van der Waals surface area contributed by atoms with Crippen molar-refractivity contribution in [2.45, 2.75) is 6.92 Å². The third-order valence-electron chi connectivity index (χ3n) is 2.56. The van der Waals surface area contributed by atoms with Gasteiger partial charge in [-0.25, -0.2) is 9.78 Å². The van der Waals surface area contributed by atoms with Gasteiger partial charge in [0.2, 0.25) is 0 Å². The van der Waals surface area contributed by atoms with Crippen molar-refractivity contribution in [3.05, 3.63) is 51.8 Å². The molecule has 0 spiro atoms. The molecule has 0 aliphatic carbocycles. The third kappa shape index (κ3) is 1.76. The van der Waals surface area contributed by atoms with Crippen molar-refractivity contribution in [1.29, 1.82) is 0 Å². The van der Waals surface area contributed by atoms with Crippen LogP contribution in [0.3, 0.4) is 0 Å². The van der Waals surface area contributed by atoms with Crippen LogP contribution in [0, 0.1) is 6.92 Å². The van der Waals surface area contributed by atoms with Gasteiger partial charge < -0.3 is 4.42 Å². The zero-order chi connectivity index (χ0) is 11.8. The van der Waals surface area contributed by atoms with Crippen molar-refractivity contribution in [2.75, 3.05) is 0 Å². The summed E-state index contributed by atoms with van der Waals surface area (Å²) in [5.41, 5.74) is 2.18. The summed E-state index contributed by atoms with van der Waals surface area (Å²) >= 11 is 1.51. The van der Waals surface area contributed by atoms with E-state index in [1.807, 2.05) is 30.5 Å². The molecule has 84 valence electrons. The molecule has 17 heavy (non-hydrogen) atoms. The predicted octanol–water partition coefficient (Wildman–Crippen LogP) is 3.22. The van der Waals surface area contributed by atoms with Gasteiger partial charge in [0, 0.05) is 28.6 Å². The van der Waals surface area contributed by atoms with Crippen LogP contribution in [0.25, 0.3) is 21.5 Å². The number of hydrogen-bond donors (Lipinski definition) is 0. The standard InChI is InChI=1S/C13H9NO2S/c1-8-2-3-9-10(13-14-4-5-17-13)7-12(15)16-11(9)6-8/h2-7H,1H3. The van der Waals surface area contributed by atoms with E-state index in [-0.39, 0.29) is 5.63 Å². The topological polar surface area (TPSA) is 43.1 Å². The van der Waals surface area contributed by atoms with Crippen molar-refractivity contribution in [3.8, 4) is 10.6 Å². The molecule has 0 saturated carbocycles. The number of rotatable bonds is 1. The third-order valence-corrected chi connectivity index (χ3v) is 3.37. The van der Waals surface area contributed by atoms with E-state index in [0.29, 0.717) is 5.58 Å². The van der Waals surface area contributed by atoms with E-state index >= 15 is 0 Å². The molecule has 2 aromatic heterocycles. The van der Waals surface area contributed by atoms with E-state index in [0.717, 1.165) is 21.5 Å². The fraction of sp³-hybridized carbons (Fsp3) is 0.0769. The zero-order valence-electron chi connectivity index (χ0n) is 9.14. The monoisotopic (exact) mass is 243 g/mol. The highest BCUT2D eigenvalue weighted by Gasteiger charge is 2.09. The number of aryl methyl sites for hydroxylation is 1. The van der Waals surface area contributed by atoms with Gasteiger partial charge in [0.05, 0.1) is 0 Å². The summed E-state index contributed by atoms with van der Waals surface area (Å²) in [7, 11) is 0. The quantitative estimate of drug-likeness (QED) is 0.616. The Kier molecular flexibility index (Phi) is 2.30. The van der Waals surface area contributed by atoms with Gasteiger partial charge in [-0.2, -0.15) is 0 Å². The lowest BCUT2D eigenvalue weighted by Gasteiger charge is -2.02. The highest BCUT2D eigenvalue weighted by molar-refractivity contribution is 7.13. The molecule has 0 fully saturated rings. The number of aromatic nitrogens is 1. The number of benzene rings is 1. The Morgan fingerprint density at radius 1 is 1.29 bits per heavy atom. The molecule has 0 bridgehead atoms. The molecule has 0 amide bonds. The molecule has 0 aliphatic heterocycles. The Morgan fingerprint density at radius 3 is 2.94 bits per heavy atom. The minimum atomic E-state index is -0.340. The van der Waals surface area contributed by atoms with Gasteiger partial charge in [-0.05, 0) is 18.6 Å². The van der Waals surface area contributed by atoms with Gasteiger partial charge in [0.25, 0.3) is 0 Å². The van der Waals surface area contributed by atoms with Crippen molar-refractivity contribution in [2.24, 2.45) is 0 Å². The van der Waals surface area contributed by atoms with E-state index in [4.69, 9.17) is 4.42 Å². The minimum absolute atomic E-state index is 0.340. The smallest absolute Gasteiger partial charge is 0.336 e. The van der Waals surface area contributed by atoms with Crippen molar-refractivity contribution in [1.82, 2.24) is 4.98 Å². The lowest BCUT2D eigenvalue weighted by Crippen LogP contribution is -1.98. The number of fused-ring (bicyclic) bond motifs is 1. The predicted molar refractivity (Wildman–Crippen MR) is 68.3 cm³/mol. The van der Waals surface area contributed by atoms with Crippen LogP contribution in [0.1, 0.15) is 5.56 Å². The highest BCUT2D eigenvalue weighted by Crippen LogP contribution is 2.28. The average Bonchev–Trinajstić information content (AvgIpc) is 2.80. The van der Waals surface area contributed by atoms with Crippen LogP contribution in [0.2, 0.25) is 0 Å². The first kappa shape index (κ1) is 10.2. The largest absolute Gasteiger partial charge is 0.423 e. The van der Waals surface area contributed by atoms with Gasteiger partial charge in [-0.15, -0.1) is 11.3 Å². The summed E-state index contributed by atoms with van der Waals surface area (Å²) < 4.78 is 5.20. The van der Waals surface area contributed by atoms with E-state index in [9.17, 15) is 4.79 Å². The number of hydrogen-bond acceptors (Lipinski definition) is 4. The summed E-state index contributed by atoms with van der Waals surface area (Å²) in [6, 6.07) is 7.33. The molecular weight excluding hydrogens is 234 g/mol. The van der Waals surface area contributed by atoms with Crippen LogP contribution >= 0.6 is 11.3 Å². The van der Waals surface area contributed by atoms with Crippen molar-refractivity contribution >= 4 is 22.3 Å². The molecule has 0 aliphatic rings. The molecule has 3 rings (SSSR count). The molecule has 0 atom stereocenters. The van der Waals surface area contributed by atoms with Crippen LogP contribution in [-0.2, 0) is 0 Å². The van der Waals surface area contributed by atoms with Gasteiger partial charge in [0.1, 0.15) is 10.6 Å². The zero-order valence-corrected chi connectivity index (χ0v) is 9.95. The first-order valence-electron chi connectivity index (χ1n) is 5.18. The van der Waals surface area contributed by atoms with E-state index < -0.39 is 0 Å². The molecule has 2 heterocycles. The summed E-state index contributed by atoms with van der Waals surface area (Å²) in [5, 5.41) is 3.65. The average molecular weight is 243 g/mol. The molecule has 3 nitrogen and oxygen atoms in total. The molecular formula is C13H9NO2S. The van der Waals surface area contributed by atoms with Gasteiger partial charge in [-0.3, -0.25) is 0 Å². The normalized spacial score (nSPS) is 10.9. The second-order valence-electron chi connectivity index (χ2n) is 3.82. The fourth-order valence-electron chi connectivity index (χ4n) is 1.80. The summed E-state index contributed by atoms with van der Waals surface area (Å²) in [6.07, 6.45) is 1.73. The van der Waals surface area contributed by atoms with Crippen LogP contribution < -0.4 is 5.63 Å². The van der Waals surface area contributed by atoms with Crippen molar-refractivity contribution < 1.29 is 4.42 Å². The highest BCUT2D eigenvalue weighted by atomic mass is 32.1. The van der Waals surface area contributed by atoms with Gasteiger partial charge in [-0.1, -0.05) is 12.1 Å². The van der Waals surface area contributed by atoms with E-state index in [1.54, 1.807) is 6.20 Å². The Balaban J connectivity index is 2.42. The van der Waals surface area contributed by atoms with Crippen LogP contribution in [0.5, 0.6) is 0 Å². The second-order valence-corrected chi connectivity index (χ2v) is 4.71. The first-order valence-corrected chi connectivity index (χ1v) is 6.06. The van der Waals surface area contributed by atoms with Crippen LogP contribution in [0.4, 0.5) is 0 Å². The van der Waals surface area contributed by atoms with Gasteiger partial charge in [0.15, 0.2) is 0 Å². The summed E-state index contributed by atoms with van der Waals surface area (Å²) in [6.45, 7) is 1.97. The maximum absolute atomic E-state index is 11.5. The molecule has 0 unspecified atom stereocenters. The molecule has 0 N–H and O–H groups in total. The number of nitrogens with zero attached hydrogens (tertiary/aromatic N) is 1. The molecule has 0 saturated heterocycles. The van der Waals surface area contributed by atoms with Gasteiger partial charge >= 0.3 is 5.63 Å². The number of thiazole rings is 1. The van der Waals surface area contributed by atoms with Crippen LogP contribution in [0.15, 0.2) is 45.1 Å². The molecule has 3 aromatic rings. The fourth-order valence-corrected chi connectivity index (χ4v) is 2.47. The lowest BCUT2D eigenvalue weighted by molar-refractivity contribution is 0.561. The minimum Gasteiger partial charge on any atom is -0.423 e. The molecule has 0 radical (unpaired) electrons. The summed E-state index contributed by atoms with van der Waals surface area (Å²) in [5.74, 6) is 0. The van der Waals surface area contributed by atoms with E-state index in [2.05, 4.69) is 4.98 Å². The first-order chi connectivity index (χ1) is 8.24. The molecule has 1 aromatic carbocycles. The summed E-state index contributed by atoms with van der Waals surface area (Å²) in [4.78, 5) is 15.8. The van der Waals surface area contributed by atoms with E-state index in [1.165, 1.54) is 17.4 Å². The maximum Gasteiger partial charge on any atom is 0.336 e. The van der Waals surface area contributed by atoms with Crippen molar-refractivity contribution in [3.63, 3.8) is 0 Å². The Labute approximate surface area is 101 Å². The van der Waals surface area contributed by atoms with Crippen LogP contribution in [-0.4, -0.2) is 4.98 Å². The maximum atomic E-state index is 11.5.